The fourth-order valence-corrected chi connectivity index (χ4v) is 3.17. The predicted molar refractivity (Wildman–Crippen MR) is 88.6 cm³/mol. The smallest absolute Gasteiger partial charge is 0.119 e. The lowest BCUT2D eigenvalue weighted by molar-refractivity contribution is 0.138. The Kier molecular flexibility index (Phi) is 6.07. The molecule has 0 radical (unpaired) electrons. The first-order chi connectivity index (χ1) is 10.1. The van der Waals surface area contributed by atoms with E-state index in [9.17, 15) is 0 Å². The molecule has 2 rings (SSSR count). The van der Waals surface area contributed by atoms with Gasteiger partial charge in [-0.1, -0.05) is 12.1 Å². The van der Waals surface area contributed by atoms with Crippen LogP contribution in [-0.4, -0.2) is 30.6 Å². The monoisotopic (exact) mass is 290 g/mol. The third-order valence-electron chi connectivity index (χ3n) is 4.51. The molecule has 0 amide bonds. The Hall–Kier alpha value is -1.06. The Morgan fingerprint density at radius 2 is 1.76 bits per heavy atom. The van der Waals surface area contributed by atoms with Gasteiger partial charge in [-0.3, -0.25) is 4.90 Å². The van der Waals surface area contributed by atoms with Gasteiger partial charge in [-0.15, -0.1) is 0 Å². The largest absolute Gasteiger partial charge is 0.491 e. The minimum absolute atomic E-state index is 0.231. The Balaban J connectivity index is 1.90. The van der Waals surface area contributed by atoms with E-state index in [1.165, 1.54) is 37.9 Å². The van der Waals surface area contributed by atoms with E-state index in [0.717, 1.165) is 18.2 Å². The third kappa shape index (κ3) is 4.72. The number of likely N-dealkylation sites (tertiary alicyclic amines) is 1. The van der Waals surface area contributed by atoms with Crippen molar-refractivity contribution in [1.82, 2.24) is 4.90 Å². The SMILES string of the molecule is CC(C)Oc1ccc(C(C)N2CCC(CCN)CC2)cc1. The van der Waals surface area contributed by atoms with Crippen LogP contribution in [0.5, 0.6) is 5.75 Å². The Labute approximate surface area is 129 Å². The highest BCUT2D eigenvalue weighted by Gasteiger charge is 2.23. The van der Waals surface area contributed by atoms with Crippen LogP contribution >= 0.6 is 0 Å². The molecule has 1 saturated heterocycles. The van der Waals surface area contributed by atoms with Crippen molar-refractivity contribution in [1.29, 1.82) is 0 Å². The van der Waals surface area contributed by atoms with Gasteiger partial charge in [-0.05, 0) is 83.3 Å². The lowest BCUT2D eigenvalue weighted by atomic mass is 9.92. The summed E-state index contributed by atoms with van der Waals surface area (Å²) in [6.45, 7) is 9.63. The maximum absolute atomic E-state index is 5.71. The summed E-state index contributed by atoms with van der Waals surface area (Å²) in [5, 5.41) is 0. The van der Waals surface area contributed by atoms with Gasteiger partial charge in [0.25, 0.3) is 0 Å². The second kappa shape index (κ2) is 7.81. The number of hydrogen-bond acceptors (Lipinski definition) is 3. The summed E-state index contributed by atoms with van der Waals surface area (Å²) < 4.78 is 5.71. The molecule has 0 aliphatic carbocycles. The highest BCUT2D eigenvalue weighted by Crippen LogP contribution is 2.28. The van der Waals surface area contributed by atoms with Crippen LogP contribution in [0.3, 0.4) is 0 Å². The quantitative estimate of drug-likeness (QED) is 0.870. The van der Waals surface area contributed by atoms with E-state index >= 15 is 0 Å². The fourth-order valence-electron chi connectivity index (χ4n) is 3.17. The number of rotatable bonds is 6. The average Bonchev–Trinajstić information content (AvgIpc) is 2.48. The predicted octanol–water partition coefficient (Wildman–Crippen LogP) is 3.60. The summed E-state index contributed by atoms with van der Waals surface area (Å²) in [5.41, 5.74) is 7.05. The first kappa shape index (κ1) is 16.3. The van der Waals surface area contributed by atoms with Gasteiger partial charge in [0, 0.05) is 6.04 Å². The molecule has 0 aromatic heterocycles. The summed E-state index contributed by atoms with van der Waals surface area (Å²) in [4.78, 5) is 2.59. The van der Waals surface area contributed by atoms with Gasteiger partial charge in [0.1, 0.15) is 5.75 Å². The van der Waals surface area contributed by atoms with E-state index < -0.39 is 0 Å². The highest BCUT2D eigenvalue weighted by molar-refractivity contribution is 5.29. The lowest BCUT2D eigenvalue weighted by Crippen LogP contribution is -2.36. The number of nitrogens with two attached hydrogens (primary N) is 1. The molecule has 0 spiro atoms. The van der Waals surface area contributed by atoms with E-state index in [2.05, 4.69) is 49.9 Å². The van der Waals surface area contributed by atoms with Gasteiger partial charge in [0.2, 0.25) is 0 Å². The molecule has 1 atom stereocenters. The zero-order valence-corrected chi connectivity index (χ0v) is 13.7. The van der Waals surface area contributed by atoms with Gasteiger partial charge in [0.05, 0.1) is 6.10 Å². The van der Waals surface area contributed by atoms with Crippen LogP contribution in [0, 0.1) is 5.92 Å². The Morgan fingerprint density at radius 3 is 2.29 bits per heavy atom. The van der Waals surface area contributed by atoms with Crippen molar-refractivity contribution >= 4 is 0 Å². The average molecular weight is 290 g/mol. The maximum Gasteiger partial charge on any atom is 0.119 e. The third-order valence-corrected chi connectivity index (χ3v) is 4.51. The van der Waals surface area contributed by atoms with Gasteiger partial charge in [-0.25, -0.2) is 0 Å². The topological polar surface area (TPSA) is 38.5 Å². The molecule has 1 aromatic rings. The van der Waals surface area contributed by atoms with Gasteiger partial charge < -0.3 is 10.5 Å². The molecule has 1 aromatic carbocycles. The van der Waals surface area contributed by atoms with Crippen LogP contribution in [0.2, 0.25) is 0 Å². The highest BCUT2D eigenvalue weighted by atomic mass is 16.5. The van der Waals surface area contributed by atoms with E-state index in [1.807, 2.05) is 0 Å². The summed E-state index contributed by atoms with van der Waals surface area (Å²) in [7, 11) is 0. The van der Waals surface area contributed by atoms with E-state index in [1.54, 1.807) is 0 Å². The summed E-state index contributed by atoms with van der Waals surface area (Å²) >= 11 is 0. The van der Waals surface area contributed by atoms with E-state index in [-0.39, 0.29) is 6.10 Å². The first-order valence-corrected chi connectivity index (χ1v) is 8.31. The zero-order valence-electron chi connectivity index (χ0n) is 13.7. The summed E-state index contributed by atoms with van der Waals surface area (Å²) in [6.07, 6.45) is 3.99. The minimum Gasteiger partial charge on any atom is -0.491 e. The van der Waals surface area contributed by atoms with Crippen molar-refractivity contribution in [3.05, 3.63) is 29.8 Å². The van der Waals surface area contributed by atoms with Crippen molar-refractivity contribution in [2.45, 2.75) is 52.2 Å². The first-order valence-electron chi connectivity index (χ1n) is 8.31. The van der Waals surface area contributed by atoms with Crippen LogP contribution in [-0.2, 0) is 0 Å². The molecular formula is C18H30N2O. The summed E-state index contributed by atoms with van der Waals surface area (Å²) in [5.74, 6) is 1.79. The van der Waals surface area contributed by atoms with Crippen molar-refractivity contribution in [3.8, 4) is 5.75 Å². The second-order valence-corrected chi connectivity index (χ2v) is 6.47. The van der Waals surface area contributed by atoms with Crippen LogP contribution in [0.15, 0.2) is 24.3 Å². The molecular weight excluding hydrogens is 260 g/mol. The maximum atomic E-state index is 5.71. The molecule has 1 aliphatic heterocycles. The van der Waals surface area contributed by atoms with Crippen molar-refractivity contribution < 1.29 is 4.74 Å². The summed E-state index contributed by atoms with van der Waals surface area (Å²) in [6, 6.07) is 9.07. The molecule has 1 unspecified atom stereocenters. The Morgan fingerprint density at radius 1 is 1.14 bits per heavy atom. The number of piperidine rings is 1. The number of nitrogens with zero attached hydrogens (tertiary/aromatic N) is 1. The normalized spacial score (nSPS) is 18.9. The van der Waals surface area contributed by atoms with Gasteiger partial charge in [-0.2, -0.15) is 0 Å². The van der Waals surface area contributed by atoms with Crippen molar-refractivity contribution in [2.75, 3.05) is 19.6 Å². The molecule has 0 bridgehead atoms. The van der Waals surface area contributed by atoms with Crippen LogP contribution < -0.4 is 10.5 Å². The Bertz CT molecular complexity index is 408. The van der Waals surface area contributed by atoms with E-state index in [4.69, 9.17) is 10.5 Å². The van der Waals surface area contributed by atoms with Crippen LogP contribution in [0.25, 0.3) is 0 Å². The molecule has 1 aliphatic rings. The molecule has 118 valence electrons. The number of ether oxygens (including phenoxy) is 1. The van der Waals surface area contributed by atoms with Crippen molar-refractivity contribution in [3.63, 3.8) is 0 Å². The van der Waals surface area contributed by atoms with Crippen molar-refractivity contribution in [2.24, 2.45) is 11.7 Å². The molecule has 0 saturated carbocycles. The molecule has 1 heterocycles. The van der Waals surface area contributed by atoms with Crippen LogP contribution in [0.1, 0.15) is 51.6 Å². The fraction of sp³-hybridized carbons (Fsp3) is 0.667. The minimum atomic E-state index is 0.231. The number of hydrogen-bond donors (Lipinski definition) is 1. The second-order valence-electron chi connectivity index (χ2n) is 6.47. The molecule has 2 N–H and O–H groups in total. The number of benzene rings is 1. The standard InChI is InChI=1S/C18H30N2O/c1-14(2)21-18-6-4-17(5-7-18)15(3)20-12-9-16(8-11-19)10-13-20/h4-7,14-16H,8-13,19H2,1-3H3. The molecule has 3 nitrogen and oxygen atoms in total. The molecule has 1 fully saturated rings. The van der Waals surface area contributed by atoms with E-state index in [0.29, 0.717) is 6.04 Å². The van der Waals surface area contributed by atoms with Crippen LogP contribution in [0.4, 0.5) is 0 Å². The lowest BCUT2D eigenvalue weighted by Gasteiger charge is -2.36. The van der Waals surface area contributed by atoms with Gasteiger partial charge in [0.15, 0.2) is 0 Å². The molecule has 21 heavy (non-hydrogen) atoms. The zero-order chi connectivity index (χ0) is 15.2. The molecule has 3 heteroatoms. The van der Waals surface area contributed by atoms with Gasteiger partial charge >= 0.3 is 0 Å².